The van der Waals surface area contributed by atoms with Crippen molar-refractivity contribution in [3.05, 3.63) is 227 Å². The Bertz CT molecular complexity index is 4160. The van der Waals surface area contributed by atoms with Gasteiger partial charge in [-0.3, -0.25) is 0 Å². The summed E-state index contributed by atoms with van der Waals surface area (Å²) in [6, 6.07) is 65.2. The van der Waals surface area contributed by atoms with Crippen molar-refractivity contribution < 1.29 is 19.5 Å². The van der Waals surface area contributed by atoms with Gasteiger partial charge < -0.3 is 29.9 Å². The van der Waals surface area contributed by atoms with Crippen molar-refractivity contribution in [2.45, 2.75) is 126 Å². The Hall–Kier alpha value is -8.26. The van der Waals surface area contributed by atoms with E-state index in [1.54, 1.807) is 0 Å². The zero-order valence-electron chi connectivity index (χ0n) is 51.7. The summed E-state index contributed by atoms with van der Waals surface area (Å²) < 4.78 is 0. The number of hydrogen-bond acceptors (Lipinski definition) is 6. The minimum atomic E-state index is 0. The fraction of sp³-hybridized carbons (Fsp3) is 0.253. The fourth-order valence-electron chi connectivity index (χ4n) is 10.1. The minimum absolute atomic E-state index is 0. The monoisotopic (exact) mass is 1150 g/mol. The molecule has 0 spiro atoms. The van der Waals surface area contributed by atoms with Crippen LogP contribution < -0.4 is 9.97 Å². The Kier molecular flexibility index (Phi) is 17.3. The van der Waals surface area contributed by atoms with Crippen LogP contribution >= 0.6 is 0 Å². The molecule has 8 aromatic carbocycles. The normalized spacial score (nSPS) is 11.9. The molecule has 0 radical (unpaired) electrons. The molecule has 0 N–H and O–H groups in total. The second kappa shape index (κ2) is 24.1. The molecule has 2 aliphatic heterocycles. The average Bonchev–Trinajstić information content (AvgIpc) is 2.40. The van der Waals surface area contributed by atoms with E-state index in [4.69, 9.17) is 39.9 Å². The third-order valence-electron chi connectivity index (χ3n) is 15.3. The first kappa shape index (κ1) is 60.3. The number of benzene rings is 8. The van der Waals surface area contributed by atoms with E-state index in [1.165, 1.54) is 38.9 Å². The molecule has 13 rings (SSSR count). The second-order valence-corrected chi connectivity index (χ2v) is 26.0. The topological polar surface area (TPSA) is 106 Å². The van der Waals surface area contributed by atoms with Crippen molar-refractivity contribution in [2.24, 2.45) is 0 Å². The second-order valence-electron chi connectivity index (χ2n) is 26.0. The van der Waals surface area contributed by atoms with Crippen LogP contribution in [0.4, 0.5) is 0 Å². The van der Waals surface area contributed by atoms with E-state index < -0.39 is 0 Å². The number of nitrogens with zero attached hydrogens (tertiary/aromatic N) is 8. The van der Waals surface area contributed by atoms with Crippen LogP contribution in [-0.4, -0.2) is 29.9 Å². The summed E-state index contributed by atoms with van der Waals surface area (Å²) in [5.74, 6) is 2.16. The molecule has 418 valence electrons. The first-order valence-corrected chi connectivity index (χ1v) is 28.8. The van der Waals surface area contributed by atoms with Crippen molar-refractivity contribution in [1.82, 2.24) is 39.9 Å². The van der Waals surface area contributed by atoms with E-state index in [2.05, 4.69) is 219 Å². The van der Waals surface area contributed by atoms with E-state index in [9.17, 15) is 0 Å². The van der Waals surface area contributed by atoms with Crippen LogP contribution in [0, 0.1) is 20.8 Å². The summed E-state index contributed by atoms with van der Waals surface area (Å²) in [6.07, 6.45) is 0. The van der Waals surface area contributed by atoms with Crippen molar-refractivity contribution in [3.63, 3.8) is 0 Å². The van der Waals surface area contributed by atoms with Crippen LogP contribution in [0.5, 0.6) is 0 Å². The van der Waals surface area contributed by atoms with Gasteiger partial charge in [-0.15, -0.1) is 0 Å². The minimum Gasteiger partial charge on any atom is -0.357 e. The van der Waals surface area contributed by atoms with Gasteiger partial charge in [-0.05, 0) is 92.0 Å². The van der Waals surface area contributed by atoms with E-state index in [0.717, 1.165) is 54.9 Å². The zero-order chi connectivity index (χ0) is 59.0. The largest absolute Gasteiger partial charge is 2.00 e. The van der Waals surface area contributed by atoms with E-state index in [0.29, 0.717) is 45.9 Å². The van der Waals surface area contributed by atoms with Crippen LogP contribution in [0.15, 0.2) is 188 Å². The summed E-state index contributed by atoms with van der Waals surface area (Å²) in [7, 11) is 0. The molecule has 8 bridgehead atoms. The van der Waals surface area contributed by atoms with Crippen LogP contribution in [-0.2, 0) is 41.1 Å². The smallest absolute Gasteiger partial charge is 0.357 e. The molecule has 8 nitrogen and oxygen atoms in total. The number of aromatic nitrogens is 8. The van der Waals surface area contributed by atoms with E-state index in [-0.39, 0.29) is 41.1 Å². The maximum absolute atomic E-state index is 5.19. The zero-order valence-corrected chi connectivity index (χ0v) is 54.6. The van der Waals surface area contributed by atoms with Crippen molar-refractivity contribution in [3.8, 4) is 56.7 Å². The molecule has 84 heavy (non-hydrogen) atoms. The van der Waals surface area contributed by atoms with Crippen molar-refractivity contribution in [1.29, 1.82) is 0 Å². The Labute approximate surface area is 509 Å². The number of aryl methyl sites for hydroxylation is 3. The standard InChI is InChI=1S/C42H28N8.3C11H16.Zn/c1-42(2,3)24-21-19-23(20-22-24)25-17-10-18-32-33(25)41-49-39-31-16-9-8-15-30(31)37(47-39)45-35-27-12-5-4-11-26(27)34(43-35)44-36-28-13-6-7-14-29(28)38(46-36)48-40(32)50-41;3*1-9-5-7-10(8-6-9)11(2,3)4;/h4-22H,1-3H3;3*5-8H,1-4H3;/q-2;;;;+2. The van der Waals surface area contributed by atoms with Gasteiger partial charge in [-0.25, -0.2) is 9.97 Å². The van der Waals surface area contributed by atoms with Gasteiger partial charge in [0.25, 0.3) is 0 Å². The molecule has 11 aromatic rings. The summed E-state index contributed by atoms with van der Waals surface area (Å²) in [5.41, 5.74) is 18.2. The molecule has 0 aliphatic carbocycles. The van der Waals surface area contributed by atoms with Crippen LogP contribution in [0.2, 0.25) is 0 Å². The maximum Gasteiger partial charge on any atom is 2.00 e. The summed E-state index contributed by atoms with van der Waals surface area (Å²) in [4.78, 5) is 40.4. The molecule has 0 unspecified atom stereocenters. The number of rotatable bonds is 1. The van der Waals surface area contributed by atoms with Gasteiger partial charge in [-0.2, -0.15) is 0 Å². The van der Waals surface area contributed by atoms with Gasteiger partial charge in [0.15, 0.2) is 0 Å². The number of hydrogen-bond donors (Lipinski definition) is 0. The van der Waals surface area contributed by atoms with Gasteiger partial charge in [-0.1, -0.05) is 288 Å². The molecular weight excluding hydrogens is 1080 g/mol. The van der Waals surface area contributed by atoms with Gasteiger partial charge in [0.1, 0.15) is 0 Å². The molecule has 3 aromatic heterocycles. The Morgan fingerprint density at radius 3 is 0.857 bits per heavy atom. The molecular formula is C75H76N8Zn. The first-order valence-electron chi connectivity index (χ1n) is 28.8. The summed E-state index contributed by atoms with van der Waals surface area (Å²) in [6.45, 7) is 33.1. The van der Waals surface area contributed by atoms with Gasteiger partial charge >= 0.3 is 19.5 Å². The maximum atomic E-state index is 5.19. The third kappa shape index (κ3) is 13.4. The molecule has 5 heterocycles. The van der Waals surface area contributed by atoms with Gasteiger partial charge in [0, 0.05) is 50.2 Å². The summed E-state index contributed by atoms with van der Waals surface area (Å²) in [5, 5.41) is 3.55. The Morgan fingerprint density at radius 2 is 0.524 bits per heavy atom. The molecule has 9 heteroatoms. The fourth-order valence-corrected chi connectivity index (χ4v) is 10.1. The molecule has 0 saturated heterocycles. The van der Waals surface area contributed by atoms with Crippen LogP contribution in [0.25, 0.3) is 101 Å². The molecule has 0 fully saturated rings. The van der Waals surface area contributed by atoms with Crippen LogP contribution in [0.3, 0.4) is 0 Å². The number of fused-ring (bicyclic) bond motifs is 20. The van der Waals surface area contributed by atoms with Crippen LogP contribution in [0.1, 0.15) is 122 Å². The quantitative estimate of drug-likeness (QED) is 0.150. The average molecular weight is 1150 g/mol. The predicted octanol–water partition coefficient (Wildman–Crippen LogP) is 19.0. The SMILES string of the molecule is CC(C)(C)c1ccc(-c2cccc3c4nc5nc(nc6[n-]c(nc7nc(nc([n-]4)c23)-c2ccccc2-7)c2ccccc62)-c2ccccc2-5)cc1.Cc1ccc(C(C)(C)C)cc1.Cc1ccc(C(C)(C)C)cc1.Cc1ccc(C(C)(C)C)cc1.[Zn+2]. The Balaban J connectivity index is 0.000000201. The van der Waals surface area contributed by atoms with E-state index >= 15 is 0 Å². The summed E-state index contributed by atoms with van der Waals surface area (Å²) >= 11 is 0. The van der Waals surface area contributed by atoms with E-state index in [1.807, 2.05) is 72.8 Å². The van der Waals surface area contributed by atoms with Crippen molar-refractivity contribution in [2.75, 3.05) is 0 Å². The Morgan fingerprint density at radius 1 is 0.262 bits per heavy atom. The molecule has 0 atom stereocenters. The third-order valence-corrected chi connectivity index (χ3v) is 15.3. The molecule has 0 amide bonds. The predicted molar refractivity (Wildman–Crippen MR) is 348 cm³/mol. The first-order chi connectivity index (χ1) is 39.4. The molecule has 0 saturated carbocycles. The van der Waals surface area contributed by atoms with Gasteiger partial charge in [0.05, 0.1) is 23.3 Å². The van der Waals surface area contributed by atoms with Crippen molar-refractivity contribution >= 4 is 44.1 Å². The molecule has 2 aliphatic rings. The van der Waals surface area contributed by atoms with Gasteiger partial charge in [0.2, 0.25) is 0 Å².